The molecule has 1 N–H and O–H groups in total. The molecule has 0 aliphatic carbocycles. The minimum atomic E-state index is -0.370. The van der Waals surface area contributed by atoms with E-state index in [4.69, 9.17) is 9.47 Å². The summed E-state index contributed by atoms with van der Waals surface area (Å²) in [5, 5.41) is 3.14. The monoisotopic (exact) mass is 316 g/mol. The van der Waals surface area contributed by atoms with Crippen molar-refractivity contribution in [3.05, 3.63) is 36.4 Å². The highest BCUT2D eigenvalue weighted by molar-refractivity contribution is 7.22. The second kappa shape index (κ2) is 5.94. The van der Waals surface area contributed by atoms with Gasteiger partial charge in [0.1, 0.15) is 27.4 Å². The van der Waals surface area contributed by atoms with Gasteiger partial charge < -0.3 is 9.47 Å². The second-order valence-electron chi connectivity index (χ2n) is 4.21. The molecule has 0 radical (unpaired) electrons. The second-order valence-corrected chi connectivity index (χ2v) is 5.21. The third-order valence-electron chi connectivity index (χ3n) is 2.93. The average molecular weight is 316 g/mol. The number of fused-ring (bicyclic) bond motifs is 1. The van der Waals surface area contributed by atoms with Crippen molar-refractivity contribution in [2.75, 3.05) is 19.5 Å². The smallest absolute Gasteiger partial charge is 0.277 e. The van der Waals surface area contributed by atoms with Crippen LogP contribution in [0.1, 0.15) is 10.5 Å². The highest BCUT2D eigenvalue weighted by Gasteiger charge is 2.16. The lowest BCUT2D eigenvalue weighted by Gasteiger charge is -2.03. The lowest BCUT2D eigenvalue weighted by molar-refractivity contribution is 0.102. The molecule has 0 saturated carbocycles. The molecule has 0 aliphatic rings. The maximum Gasteiger partial charge on any atom is 0.277 e. The molecule has 3 aromatic rings. The van der Waals surface area contributed by atoms with Gasteiger partial charge in [0, 0.05) is 12.4 Å². The molecule has 0 spiro atoms. The van der Waals surface area contributed by atoms with Gasteiger partial charge in [-0.25, -0.2) is 9.97 Å². The first-order valence-corrected chi connectivity index (χ1v) is 7.13. The molecule has 3 rings (SSSR count). The summed E-state index contributed by atoms with van der Waals surface area (Å²) in [6.45, 7) is 0. The van der Waals surface area contributed by atoms with Crippen LogP contribution in [-0.2, 0) is 0 Å². The van der Waals surface area contributed by atoms with Crippen LogP contribution in [0.3, 0.4) is 0 Å². The Balaban J connectivity index is 1.97. The lowest BCUT2D eigenvalue weighted by Crippen LogP contribution is -2.13. The van der Waals surface area contributed by atoms with E-state index in [0.717, 1.165) is 4.70 Å². The predicted octanol–water partition coefficient (Wildman–Crippen LogP) is 2.36. The van der Waals surface area contributed by atoms with Crippen molar-refractivity contribution in [3.8, 4) is 11.5 Å². The minimum Gasteiger partial charge on any atom is -0.495 e. The van der Waals surface area contributed by atoms with Gasteiger partial charge in [-0.05, 0) is 12.1 Å². The molecule has 2 aromatic heterocycles. The van der Waals surface area contributed by atoms with Gasteiger partial charge in [0.05, 0.1) is 20.4 Å². The third-order valence-corrected chi connectivity index (χ3v) is 3.91. The zero-order valence-electron chi connectivity index (χ0n) is 11.9. The molecule has 0 aliphatic heterocycles. The van der Waals surface area contributed by atoms with E-state index in [1.165, 1.54) is 29.9 Å². The zero-order chi connectivity index (χ0) is 15.5. The Morgan fingerprint density at radius 2 is 1.95 bits per heavy atom. The van der Waals surface area contributed by atoms with Crippen LogP contribution >= 0.6 is 11.3 Å². The van der Waals surface area contributed by atoms with Crippen LogP contribution < -0.4 is 14.8 Å². The summed E-state index contributed by atoms with van der Waals surface area (Å²) in [5.74, 6) is 0.922. The maximum atomic E-state index is 12.1. The number of carbonyl (C=O) groups is 1. The largest absolute Gasteiger partial charge is 0.495 e. The Morgan fingerprint density at radius 3 is 2.64 bits per heavy atom. The fourth-order valence-corrected chi connectivity index (χ4v) is 2.89. The molecule has 22 heavy (non-hydrogen) atoms. The van der Waals surface area contributed by atoms with Crippen LogP contribution in [0.2, 0.25) is 0 Å². The maximum absolute atomic E-state index is 12.1. The number of rotatable bonds is 4. The number of carbonyl (C=O) groups excluding carboxylic acids is 1. The SMILES string of the molecule is COc1ccc(OC)c2sc(NC(=O)c3cnccn3)nc12. The number of benzene rings is 1. The summed E-state index contributed by atoms with van der Waals surface area (Å²) in [4.78, 5) is 24.3. The van der Waals surface area contributed by atoms with E-state index in [1.54, 1.807) is 26.4 Å². The number of hydrogen-bond acceptors (Lipinski definition) is 7. The molecule has 0 bridgehead atoms. The van der Waals surface area contributed by atoms with E-state index in [2.05, 4.69) is 20.3 Å². The standard InChI is InChI=1S/C14H12N4O3S/c1-20-9-3-4-10(21-2)12-11(9)17-14(22-12)18-13(19)8-7-15-5-6-16-8/h3-7H,1-2H3,(H,17,18,19). The van der Waals surface area contributed by atoms with Gasteiger partial charge >= 0.3 is 0 Å². The molecule has 0 unspecified atom stereocenters. The molecular weight excluding hydrogens is 304 g/mol. The molecule has 7 nitrogen and oxygen atoms in total. The van der Waals surface area contributed by atoms with Crippen molar-refractivity contribution in [2.45, 2.75) is 0 Å². The fraction of sp³-hybridized carbons (Fsp3) is 0.143. The van der Waals surface area contributed by atoms with Crippen molar-refractivity contribution in [3.63, 3.8) is 0 Å². The number of nitrogens with one attached hydrogen (secondary N) is 1. The van der Waals surface area contributed by atoms with Crippen LogP contribution in [0.5, 0.6) is 11.5 Å². The summed E-state index contributed by atoms with van der Waals surface area (Å²) in [5.41, 5.74) is 0.863. The molecule has 8 heteroatoms. The zero-order valence-corrected chi connectivity index (χ0v) is 12.7. The number of anilines is 1. The number of thiazole rings is 1. The average Bonchev–Trinajstić information content (AvgIpc) is 2.98. The number of methoxy groups -OCH3 is 2. The van der Waals surface area contributed by atoms with Gasteiger partial charge in [-0.1, -0.05) is 11.3 Å². The first-order valence-electron chi connectivity index (χ1n) is 6.32. The van der Waals surface area contributed by atoms with E-state index < -0.39 is 0 Å². The van der Waals surface area contributed by atoms with Crippen molar-refractivity contribution in [1.82, 2.24) is 15.0 Å². The summed E-state index contributed by atoms with van der Waals surface area (Å²) in [7, 11) is 3.15. The Morgan fingerprint density at radius 1 is 1.18 bits per heavy atom. The number of ether oxygens (including phenoxy) is 2. The van der Waals surface area contributed by atoms with Gasteiger partial charge in [0.25, 0.3) is 5.91 Å². The van der Waals surface area contributed by atoms with Gasteiger partial charge in [0.2, 0.25) is 0 Å². The molecule has 0 fully saturated rings. The Hall–Kier alpha value is -2.74. The fourth-order valence-electron chi connectivity index (χ4n) is 1.92. The summed E-state index contributed by atoms with van der Waals surface area (Å²) < 4.78 is 11.4. The van der Waals surface area contributed by atoms with E-state index in [1.807, 2.05) is 0 Å². The van der Waals surface area contributed by atoms with E-state index in [-0.39, 0.29) is 11.6 Å². The van der Waals surface area contributed by atoms with Gasteiger partial charge in [-0.3, -0.25) is 15.1 Å². The lowest BCUT2D eigenvalue weighted by atomic mass is 10.3. The Labute approximate surface area is 130 Å². The molecule has 0 atom stereocenters. The molecule has 2 heterocycles. The van der Waals surface area contributed by atoms with Gasteiger partial charge in [0.15, 0.2) is 5.13 Å². The van der Waals surface area contributed by atoms with Crippen molar-refractivity contribution in [2.24, 2.45) is 0 Å². The van der Waals surface area contributed by atoms with Crippen LogP contribution in [0.25, 0.3) is 10.2 Å². The van der Waals surface area contributed by atoms with Crippen molar-refractivity contribution in [1.29, 1.82) is 0 Å². The van der Waals surface area contributed by atoms with Crippen LogP contribution in [0.15, 0.2) is 30.7 Å². The van der Waals surface area contributed by atoms with Gasteiger partial charge in [-0.2, -0.15) is 0 Å². The van der Waals surface area contributed by atoms with E-state index in [0.29, 0.717) is 22.1 Å². The Kier molecular flexibility index (Phi) is 3.84. The molecule has 112 valence electrons. The van der Waals surface area contributed by atoms with E-state index in [9.17, 15) is 4.79 Å². The summed E-state index contributed by atoms with van der Waals surface area (Å²) in [6.07, 6.45) is 4.35. The quantitative estimate of drug-likeness (QED) is 0.795. The highest BCUT2D eigenvalue weighted by Crippen LogP contribution is 2.38. The number of amides is 1. The third kappa shape index (κ3) is 2.56. The summed E-state index contributed by atoms with van der Waals surface area (Å²) in [6, 6.07) is 3.57. The molecule has 1 aromatic carbocycles. The van der Waals surface area contributed by atoms with E-state index >= 15 is 0 Å². The number of aromatic nitrogens is 3. The first-order chi connectivity index (χ1) is 10.7. The molecule has 0 saturated heterocycles. The normalized spacial score (nSPS) is 10.5. The van der Waals surface area contributed by atoms with Crippen LogP contribution in [0.4, 0.5) is 5.13 Å². The highest BCUT2D eigenvalue weighted by atomic mass is 32.1. The number of hydrogen-bond donors (Lipinski definition) is 1. The Bertz CT molecular complexity index is 779. The van der Waals surface area contributed by atoms with Crippen molar-refractivity contribution < 1.29 is 14.3 Å². The van der Waals surface area contributed by atoms with Gasteiger partial charge in [-0.15, -0.1) is 0 Å². The van der Waals surface area contributed by atoms with Crippen molar-refractivity contribution >= 4 is 32.6 Å². The minimum absolute atomic E-state index is 0.223. The summed E-state index contributed by atoms with van der Waals surface area (Å²) >= 11 is 1.30. The first kappa shape index (κ1) is 14.2. The molecule has 1 amide bonds. The topological polar surface area (TPSA) is 86.2 Å². The van der Waals surface area contributed by atoms with Crippen LogP contribution in [0, 0.1) is 0 Å². The predicted molar refractivity (Wildman–Crippen MR) is 82.7 cm³/mol. The number of nitrogens with zero attached hydrogens (tertiary/aromatic N) is 3. The van der Waals surface area contributed by atoms with Crippen LogP contribution in [-0.4, -0.2) is 35.1 Å². The molecular formula is C14H12N4O3S.